The lowest BCUT2D eigenvalue weighted by Crippen LogP contribution is -2.31. The number of nitrogens with zero attached hydrogens (tertiary/aromatic N) is 3. The van der Waals surface area contributed by atoms with Crippen molar-refractivity contribution in [2.45, 2.75) is 6.10 Å². The Balaban J connectivity index is 2.04. The van der Waals surface area contributed by atoms with Crippen LogP contribution in [0.15, 0.2) is 41.5 Å². The fraction of sp³-hybridized carbons (Fsp3) is 0.200. The van der Waals surface area contributed by atoms with Crippen LogP contribution in [0.2, 0.25) is 0 Å². The standard InChI is InChI=1S/C15H11F2N3O2/c16-9-4-5-13(17)12(6-9)11-2-1-3-14-15(11)22-10(8-21-14)7-19-20-18/h1-6,10H,7-8H2. The first-order chi connectivity index (χ1) is 10.7. The number of rotatable bonds is 3. The van der Waals surface area contributed by atoms with E-state index in [0.717, 1.165) is 18.2 Å². The molecule has 5 nitrogen and oxygen atoms in total. The number of halogens is 2. The van der Waals surface area contributed by atoms with Gasteiger partial charge in [0.2, 0.25) is 0 Å². The van der Waals surface area contributed by atoms with Crippen LogP contribution in [0.3, 0.4) is 0 Å². The molecule has 7 heteroatoms. The summed E-state index contributed by atoms with van der Waals surface area (Å²) in [6.07, 6.45) is -0.471. The van der Waals surface area contributed by atoms with E-state index in [2.05, 4.69) is 10.0 Å². The van der Waals surface area contributed by atoms with Crippen molar-refractivity contribution in [1.82, 2.24) is 0 Å². The van der Waals surface area contributed by atoms with Crippen molar-refractivity contribution in [3.05, 3.63) is 58.5 Å². The molecule has 0 aromatic heterocycles. The van der Waals surface area contributed by atoms with E-state index in [1.807, 2.05) is 0 Å². The van der Waals surface area contributed by atoms with Gasteiger partial charge in [-0.15, -0.1) is 0 Å². The van der Waals surface area contributed by atoms with E-state index in [4.69, 9.17) is 15.0 Å². The van der Waals surface area contributed by atoms with Gasteiger partial charge < -0.3 is 9.47 Å². The monoisotopic (exact) mass is 303 g/mol. The Bertz CT molecular complexity index is 760. The molecule has 0 aliphatic carbocycles. The van der Waals surface area contributed by atoms with Crippen molar-refractivity contribution in [2.75, 3.05) is 13.2 Å². The SMILES string of the molecule is [N-]=[N+]=NCC1COc2cccc(-c3cc(F)ccc3F)c2O1. The smallest absolute Gasteiger partial charge is 0.169 e. The van der Waals surface area contributed by atoms with E-state index in [1.54, 1.807) is 18.2 Å². The van der Waals surface area contributed by atoms with Crippen LogP contribution in [0.4, 0.5) is 8.78 Å². The Morgan fingerprint density at radius 3 is 2.91 bits per heavy atom. The van der Waals surface area contributed by atoms with Crippen molar-refractivity contribution >= 4 is 0 Å². The van der Waals surface area contributed by atoms with Crippen LogP contribution in [0.1, 0.15) is 0 Å². The highest BCUT2D eigenvalue weighted by molar-refractivity contribution is 5.74. The summed E-state index contributed by atoms with van der Waals surface area (Å²) in [6.45, 7) is 0.316. The van der Waals surface area contributed by atoms with Crippen molar-refractivity contribution in [3.63, 3.8) is 0 Å². The van der Waals surface area contributed by atoms with Gasteiger partial charge in [-0.2, -0.15) is 0 Å². The molecular weight excluding hydrogens is 292 g/mol. The van der Waals surface area contributed by atoms with E-state index < -0.39 is 17.7 Å². The molecule has 0 saturated heterocycles. The molecule has 1 atom stereocenters. The summed E-state index contributed by atoms with van der Waals surface area (Å²) < 4.78 is 38.7. The molecule has 0 spiro atoms. The first-order valence-electron chi connectivity index (χ1n) is 6.58. The average molecular weight is 303 g/mol. The van der Waals surface area contributed by atoms with Gasteiger partial charge in [-0.3, -0.25) is 0 Å². The van der Waals surface area contributed by atoms with Crippen molar-refractivity contribution in [2.24, 2.45) is 5.11 Å². The minimum absolute atomic E-state index is 0.0879. The largest absolute Gasteiger partial charge is 0.486 e. The van der Waals surface area contributed by atoms with Crippen LogP contribution in [-0.2, 0) is 0 Å². The van der Waals surface area contributed by atoms with Gasteiger partial charge in [0, 0.05) is 16.0 Å². The molecule has 0 N–H and O–H groups in total. The summed E-state index contributed by atoms with van der Waals surface area (Å²) >= 11 is 0. The number of para-hydroxylation sites is 1. The second-order valence-corrected chi connectivity index (χ2v) is 4.72. The van der Waals surface area contributed by atoms with E-state index >= 15 is 0 Å². The van der Waals surface area contributed by atoms with Crippen LogP contribution >= 0.6 is 0 Å². The molecule has 1 heterocycles. The quantitative estimate of drug-likeness (QED) is 0.487. The summed E-state index contributed by atoms with van der Waals surface area (Å²) in [5, 5.41) is 3.44. The van der Waals surface area contributed by atoms with Crippen molar-refractivity contribution < 1.29 is 18.3 Å². The zero-order valence-corrected chi connectivity index (χ0v) is 11.4. The number of azide groups is 1. The molecule has 1 unspecified atom stereocenters. The average Bonchev–Trinajstić information content (AvgIpc) is 2.54. The molecule has 0 amide bonds. The van der Waals surface area contributed by atoms with Gasteiger partial charge in [0.25, 0.3) is 0 Å². The minimum Gasteiger partial charge on any atom is -0.486 e. The lowest BCUT2D eigenvalue weighted by atomic mass is 10.0. The molecule has 112 valence electrons. The maximum atomic E-state index is 14.0. The maximum Gasteiger partial charge on any atom is 0.169 e. The summed E-state index contributed by atoms with van der Waals surface area (Å²) in [4.78, 5) is 2.67. The summed E-state index contributed by atoms with van der Waals surface area (Å²) in [5.74, 6) is -0.346. The van der Waals surface area contributed by atoms with E-state index in [0.29, 0.717) is 17.1 Å². The van der Waals surface area contributed by atoms with Gasteiger partial charge in [0.1, 0.15) is 24.3 Å². The van der Waals surface area contributed by atoms with Crippen LogP contribution in [0.5, 0.6) is 11.5 Å². The van der Waals surface area contributed by atoms with E-state index in [-0.39, 0.29) is 18.7 Å². The third-order valence-electron chi connectivity index (χ3n) is 3.26. The molecule has 0 bridgehead atoms. The number of benzene rings is 2. The molecule has 22 heavy (non-hydrogen) atoms. The van der Waals surface area contributed by atoms with Gasteiger partial charge >= 0.3 is 0 Å². The van der Waals surface area contributed by atoms with Crippen molar-refractivity contribution in [1.29, 1.82) is 0 Å². The molecule has 2 aromatic rings. The summed E-state index contributed by atoms with van der Waals surface area (Å²) in [6, 6.07) is 8.19. The summed E-state index contributed by atoms with van der Waals surface area (Å²) in [7, 11) is 0. The Kier molecular flexibility index (Phi) is 3.80. The van der Waals surface area contributed by atoms with Crippen LogP contribution in [-0.4, -0.2) is 19.3 Å². The topological polar surface area (TPSA) is 67.2 Å². The molecule has 0 fully saturated rings. The molecular formula is C15H11F2N3O2. The Morgan fingerprint density at radius 1 is 1.23 bits per heavy atom. The molecule has 0 saturated carbocycles. The van der Waals surface area contributed by atoms with Gasteiger partial charge in [0.15, 0.2) is 11.5 Å². The second kappa shape index (κ2) is 5.91. The normalized spacial score (nSPS) is 16.0. The second-order valence-electron chi connectivity index (χ2n) is 4.72. The van der Waals surface area contributed by atoms with Gasteiger partial charge in [-0.25, -0.2) is 8.78 Å². The highest BCUT2D eigenvalue weighted by atomic mass is 19.1. The molecule has 0 radical (unpaired) electrons. The fourth-order valence-electron chi connectivity index (χ4n) is 2.27. The Labute approximate surface area is 124 Å². The Hall–Kier alpha value is -2.79. The van der Waals surface area contributed by atoms with Gasteiger partial charge in [-0.1, -0.05) is 17.2 Å². The molecule has 1 aliphatic rings. The molecule has 2 aromatic carbocycles. The van der Waals surface area contributed by atoms with Crippen LogP contribution in [0.25, 0.3) is 21.6 Å². The zero-order chi connectivity index (χ0) is 15.5. The fourth-order valence-corrected chi connectivity index (χ4v) is 2.27. The summed E-state index contributed by atoms with van der Waals surface area (Å²) in [5.41, 5.74) is 8.84. The number of ether oxygens (including phenoxy) is 2. The van der Waals surface area contributed by atoms with Crippen LogP contribution < -0.4 is 9.47 Å². The number of fused-ring (bicyclic) bond motifs is 1. The van der Waals surface area contributed by atoms with Gasteiger partial charge in [0.05, 0.1) is 6.54 Å². The van der Waals surface area contributed by atoms with Gasteiger partial charge in [-0.05, 0) is 29.8 Å². The molecule has 3 rings (SSSR count). The maximum absolute atomic E-state index is 14.0. The van der Waals surface area contributed by atoms with Crippen molar-refractivity contribution in [3.8, 4) is 22.6 Å². The highest BCUT2D eigenvalue weighted by Crippen LogP contribution is 2.41. The van der Waals surface area contributed by atoms with E-state index in [1.165, 1.54) is 0 Å². The zero-order valence-electron chi connectivity index (χ0n) is 11.4. The minimum atomic E-state index is -0.560. The third kappa shape index (κ3) is 2.66. The van der Waals surface area contributed by atoms with Crippen LogP contribution in [0, 0.1) is 11.6 Å². The lowest BCUT2D eigenvalue weighted by Gasteiger charge is -2.27. The number of hydrogen-bond acceptors (Lipinski definition) is 3. The molecule has 1 aliphatic heterocycles. The Morgan fingerprint density at radius 2 is 2.09 bits per heavy atom. The predicted molar refractivity (Wildman–Crippen MR) is 75.7 cm³/mol. The highest BCUT2D eigenvalue weighted by Gasteiger charge is 2.24. The third-order valence-corrected chi connectivity index (χ3v) is 3.26. The van der Waals surface area contributed by atoms with E-state index in [9.17, 15) is 8.78 Å². The predicted octanol–water partition coefficient (Wildman–Crippen LogP) is 4.08. The first kappa shape index (κ1) is 14.2. The first-order valence-corrected chi connectivity index (χ1v) is 6.58. The lowest BCUT2D eigenvalue weighted by molar-refractivity contribution is 0.0976. The number of hydrogen-bond donors (Lipinski definition) is 0.